The minimum absolute atomic E-state index is 0.162. The van der Waals surface area contributed by atoms with E-state index in [1.165, 1.54) is 7.11 Å². The summed E-state index contributed by atoms with van der Waals surface area (Å²) >= 11 is 0. The zero-order chi connectivity index (χ0) is 10.1. The molecule has 0 unspecified atom stereocenters. The molecule has 0 aliphatic carbocycles. The van der Waals surface area contributed by atoms with E-state index in [-0.39, 0.29) is 5.76 Å². The van der Waals surface area contributed by atoms with Crippen molar-refractivity contribution in [3.8, 4) is 0 Å². The summed E-state index contributed by atoms with van der Waals surface area (Å²) in [6, 6.07) is 0. The van der Waals surface area contributed by atoms with Gasteiger partial charge in [-0.1, -0.05) is 27.0 Å². The van der Waals surface area contributed by atoms with Crippen LogP contribution < -0.4 is 0 Å². The first kappa shape index (κ1) is 13.5. The van der Waals surface area contributed by atoms with Crippen LogP contribution in [0.4, 0.5) is 4.39 Å². The molecule has 70 valence electrons. The number of rotatable bonds is 3. The topological polar surface area (TPSA) is 9.23 Å². The van der Waals surface area contributed by atoms with Gasteiger partial charge in [-0.25, -0.2) is 4.39 Å². The Labute approximate surface area is 74.2 Å². The van der Waals surface area contributed by atoms with E-state index in [1.54, 1.807) is 6.92 Å². The van der Waals surface area contributed by atoms with Gasteiger partial charge in [0.2, 0.25) is 0 Å². The lowest BCUT2D eigenvalue weighted by atomic mass is 10.2. The molecule has 0 bridgehead atoms. The molecule has 0 heterocycles. The number of halogens is 1. The van der Waals surface area contributed by atoms with Crippen molar-refractivity contribution in [1.29, 1.82) is 0 Å². The summed E-state index contributed by atoms with van der Waals surface area (Å²) in [7, 11) is 1.40. The first-order chi connectivity index (χ1) is 5.63. The molecule has 0 fully saturated rings. The van der Waals surface area contributed by atoms with E-state index in [2.05, 4.69) is 13.2 Å². The Bertz CT molecular complexity index is 180. The van der Waals surface area contributed by atoms with Crippen LogP contribution in [0.1, 0.15) is 20.8 Å². The molecule has 0 aromatic rings. The molecule has 0 atom stereocenters. The fourth-order valence-corrected chi connectivity index (χ4v) is 0.568. The molecule has 0 radical (unpaired) electrons. The molecule has 12 heavy (non-hydrogen) atoms. The molecule has 0 spiro atoms. The quantitative estimate of drug-likeness (QED) is 0.467. The molecular formula is C10H17FO. The lowest BCUT2D eigenvalue weighted by Gasteiger charge is -2.03. The van der Waals surface area contributed by atoms with Crippen molar-refractivity contribution < 1.29 is 9.13 Å². The Morgan fingerprint density at radius 3 is 1.92 bits per heavy atom. The molecule has 0 aliphatic rings. The van der Waals surface area contributed by atoms with Crippen molar-refractivity contribution in [2.24, 2.45) is 0 Å². The molecule has 0 N–H and O–H groups in total. The molecule has 0 rings (SSSR count). The van der Waals surface area contributed by atoms with Crippen LogP contribution >= 0.6 is 0 Å². The van der Waals surface area contributed by atoms with E-state index in [0.29, 0.717) is 5.57 Å². The molecule has 0 aliphatic heterocycles. The SMILES string of the molecule is C=C/C(F)=C(/OC)C(=C)C.CC. The van der Waals surface area contributed by atoms with Crippen LogP contribution in [0.25, 0.3) is 0 Å². The number of allylic oxidation sites excluding steroid dienone is 3. The lowest BCUT2D eigenvalue weighted by Crippen LogP contribution is -1.89. The number of hydrogen-bond acceptors (Lipinski definition) is 1. The molecule has 1 nitrogen and oxygen atoms in total. The summed E-state index contributed by atoms with van der Waals surface area (Å²) in [6.45, 7) is 12.5. The summed E-state index contributed by atoms with van der Waals surface area (Å²) in [6.07, 6.45) is 1.09. The van der Waals surface area contributed by atoms with Gasteiger partial charge in [0.25, 0.3) is 0 Å². The Balaban J connectivity index is 0. The summed E-state index contributed by atoms with van der Waals surface area (Å²) in [5.41, 5.74) is 0.555. The van der Waals surface area contributed by atoms with Gasteiger partial charge in [-0.3, -0.25) is 0 Å². The van der Waals surface area contributed by atoms with Crippen LogP contribution in [0.5, 0.6) is 0 Å². The molecule has 0 saturated carbocycles. The summed E-state index contributed by atoms with van der Waals surface area (Å²) in [5, 5.41) is 0. The molecular weight excluding hydrogens is 155 g/mol. The summed E-state index contributed by atoms with van der Waals surface area (Å²) in [5.74, 6) is -0.315. The second-order valence-electron chi connectivity index (χ2n) is 1.87. The predicted molar refractivity (Wildman–Crippen MR) is 51.5 cm³/mol. The van der Waals surface area contributed by atoms with E-state index in [1.807, 2.05) is 13.8 Å². The Hall–Kier alpha value is -1.05. The summed E-state index contributed by atoms with van der Waals surface area (Å²) < 4.78 is 17.3. The molecule has 0 aromatic carbocycles. The molecule has 2 heteroatoms. The van der Waals surface area contributed by atoms with E-state index in [0.717, 1.165) is 6.08 Å². The first-order valence-corrected chi connectivity index (χ1v) is 3.85. The van der Waals surface area contributed by atoms with Gasteiger partial charge in [-0.05, 0) is 18.6 Å². The zero-order valence-corrected chi connectivity index (χ0v) is 8.28. The number of methoxy groups -OCH3 is 1. The maximum atomic E-state index is 12.6. The highest BCUT2D eigenvalue weighted by molar-refractivity contribution is 5.28. The second-order valence-corrected chi connectivity index (χ2v) is 1.87. The summed E-state index contributed by atoms with van der Waals surface area (Å²) in [4.78, 5) is 0. The third-order valence-electron chi connectivity index (χ3n) is 0.988. The van der Waals surface area contributed by atoms with Crippen LogP contribution in [-0.2, 0) is 4.74 Å². The van der Waals surface area contributed by atoms with Gasteiger partial charge in [0.05, 0.1) is 7.11 Å². The highest BCUT2D eigenvalue weighted by Crippen LogP contribution is 2.14. The van der Waals surface area contributed by atoms with Gasteiger partial charge >= 0.3 is 0 Å². The van der Waals surface area contributed by atoms with Crippen LogP contribution in [0.2, 0.25) is 0 Å². The van der Waals surface area contributed by atoms with Crippen LogP contribution in [0.3, 0.4) is 0 Å². The smallest absolute Gasteiger partial charge is 0.164 e. The number of ether oxygens (including phenoxy) is 1. The normalized spacial score (nSPS) is 10.4. The third-order valence-corrected chi connectivity index (χ3v) is 0.988. The van der Waals surface area contributed by atoms with E-state index in [9.17, 15) is 4.39 Å². The van der Waals surface area contributed by atoms with Crippen LogP contribution in [-0.4, -0.2) is 7.11 Å². The fourth-order valence-electron chi connectivity index (χ4n) is 0.568. The average Bonchev–Trinajstić information content (AvgIpc) is 2.08. The third kappa shape index (κ3) is 4.72. The highest BCUT2D eigenvalue weighted by atomic mass is 19.1. The average molecular weight is 172 g/mol. The largest absolute Gasteiger partial charge is 0.493 e. The molecule has 0 aromatic heterocycles. The maximum Gasteiger partial charge on any atom is 0.164 e. The van der Waals surface area contributed by atoms with Crippen LogP contribution in [0, 0.1) is 0 Å². The molecule has 0 amide bonds. The van der Waals surface area contributed by atoms with Gasteiger partial charge in [0.15, 0.2) is 11.6 Å². The van der Waals surface area contributed by atoms with Gasteiger partial charge in [-0.2, -0.15) is 0 Å². The predicted octanol–water partition coefficient (Wildman–Crippen LogP) is 3.60. The van der Waals surface area contributed by atoms with E-state index < -0.39 is 5.83 Å². The van der Waals surface area contributed by atoms with Crippen molar-refractivity contribution in [3.63, 3.8) is 0 Å². The standard InChI is InChI=1S/C8H11FO.C2H6/c1-5-7(9)8(10-4)6(2)3;1-2/h5H,1-2H2,3-4H3;1-2H3/b8-7-;. The van der Waals surface area contributed by atoms with E-state index >= 15 is 0 Å². The van der Waals surface area contributed by atoms with Crippen molar-refractivity contribution in [3.05, 3.63) is 36.4 Å². The minimum Gasteiger partial charge on any atom is -0.493 e. The Morgan fingerprint density at radius 2 is 1.83 bits per heavy atom. The van der Waals surface area contributed by atoms with Crippen molar-refractivity contribution in [2.75, 3.05) is 7.11 Å². The van der Waals surface area contributed by atoms with Crippen molar-refractivity contribution in [1.82, 2.24) is 0 Å². The monoisotopic (exact) mass is 172 g/mol. The zero-order valence-electron chi connectivity index (χ0n) is 8.28. The van der Waals surface area contributed by atoms with Gasteiger partial charge in [0.1, 0.15) is 0 Å². The van der Waals surface area contributed by atoms with E-state index in [4.69, 9.17) is 4.74 Å². The van der Waals surface area contributed by atoms with Gasteiger partial charge < -0.3 is 4.74 Å². The van der Waals surface area contributed by atoms with Crippen molar-refractivity contribution >= 4 is 0 Å². The lowest BCUT2D eigenvalue weighted by molar-refractivity contribution is 0.287. The Morgan fingerprint density at radius 1 is 1.42 bits per heavy atom. The maximum absolute atomic E-state index is 12.6. The highest BCUT2D eigenvalue weighted by Gasteiger charge is 2.02. The minimum atomic E-state index is -0.477. The fraction of sp³-hybridized carbons (Fsp3) is 0.400. The first-order valence-electron chi connectivity index (χ1n) is 3.85. The van der Waals surface area contributed by atoms with Crippen LogP contribution in [0.15, 0.2) is 36.4 Å². The Kier molecular flexibility index (Phi) is 9.08. The number of hydrogen-bond donors (Lipinski definition) is 0. The van der Waals surface area contributed by atoms with Gasteiger partial charge in [-0.15, -0.1) is 0 Å². The molecule has 0 saturated heterocycles. The second kappa shape index (κ2) is 8.05. The van der Waals surface area contributed by atoms with Gasteiger partial charge in [0, 0.05) is 0 Å². The van der Waals surface area contributed by atoms with Crippen molar-refractivity contribution in [2.45, 2.75) is 20.8 Å².